The van der Waals surface area contributed by atoms with E-state index in [-0.39, 0.29) is 0 Å². The van der Waals surface area contributed by atoms with Crippen molar-refractivity contribution in [2.45, 2.75) is 75.2 Å². The SMILES string of the molecule is Cc1cc(C)c(Cc2cc(Cc3cc(C)c(O)c(C)c3)c(C)cc2C)cc1C.Cc1cccc(C)c1O. The first kappa shape index (κ1) is 28.1. The third-order valence-corrected chi connectivity index (χ3v) is 7.51. The van der Waals surface area contributed by atoms with Crippen molar-refractivity contribution in [1.82, 2.24) is 0 Å². The van der Waals surface area contributed by atoms with E-state index in [9.17, 15) is 10.2 Å². The van der Waals surface area contributed by atoms with Crippen molar-refractivity contribution in [3.05, 3.63) is 127 Å². The van der Waals surface area contributed by atoms with E-state index in [0.29, 0.717) is 11.5 Å². The number of phenolic OH excluding ortho intramolecular Hbond substituents is 2. The molecule has 4 rings (SSSR count). The van der Waals surface area contributed by atoms with Gasteiger partial charge in [-0.3, -0.25) is 0 Å². The highest BCUT2D eigenvalue weighted by molar-refractivity contribution is 5.47. The van der Waals surface area contributed by atoms with Crippen LogP contribution in [0.3, 0.4) is 0 Å². The largest absolute Gasteiger partial charge is 0.507 e. The molecule has 0 aliphatic heterocycles. The molecule has 0 amide bonds. The van der Waals surface area contributed by atoms with E-state index in [1.54, 1.807) is 0 Å². The zero-order chi connectivity index (χ0) is 27.4. The van der Waals surface area contributed by atoms with Crippen molar-refractivity contribution >= 4 is 0 Å². The summed E-state index contributed by atoms with van der Waals surface area (Å²) in [6.45, 7) is 18.7. The number of hydrogen-bond acceptors (Lipinski definition) is 2. The van der Waals surface area contributed by atoms with Crippen LogP contribution in [0.5, 0.6) is 11.5 Å². The Kier molecular flexibility index (Phi) is 8.86. The summed E-state index contributed by atoms with van der Waals surface area (Å²) in [4.78, 5) is 0. The molecule has 4 aromatic carbocycles. The summed E-state index contributed by atoms with van der Waals surface area (Å²) in [7, 11) is 0. The summed E-state index contributed by atoms with van der Waals surface area (Å²) < 4.78 is 0. The summed E-state index contributed by atoms with van der Waals surface area (Å²) in [5.41, 5.74) is 16.0. The first-order chi connectivity index (χ1) is 17.4. The van der Waals surface area contributed by atoms with Crippen LogP contribution in [0.4, 0.5) is 0 Å². The minimum Gasteiger partial charge on any atom is -0.507 e. The van der Waals surface area contributed by atoms with Gasteiger partial charge in [-0.15, -0.1) is 0 Å². The van der Waals surface area contributed by atoms with Crippen LogP contribution in [-0.2, 0) is 12.8 Å². The molecule has 194 valence electrons. The number of rotatable bonds is 4. The summed E-state index contributed by atoms with van der Waals surface area (Å²) >= 11 is 0. The molecule has 2 nitrogen and oxygen atoms in total. The number of phenols is 2. The maximum absolute atomic E-state index is 10.1. The van der Waals surface area contributed by atoms with Gasteiger partial charge in [0.25, 0.3) is 0 Å². The van der Waals surface area contributed by atoms with E-state index >= 15 is 0 Å². The predicted octanol–water partition coefficient (Wildman–Crippen LogP) is 8.74. The fourth-order valence-electron chi connectivity index (χ4n) is 4.92. The van der Waals surface area contributed by atoms with E-state index in [4.69, 9.17) is 0 Å². The van der Waals surface area contributed by atoms with Gasteiger partial charge in [-0.1, -0.05) is 54.6 Å². The molecule has 0 unspecified atom stereocenters. The van der Waals surface area contributed by atoms with Crippen LogP contribution < -0.4 is 0 Å². The second kappa shape index (κ2) is 11.7. The lowest BCUT2D eigenvalue weighted by Gasteiger charge is -2.16. The molecule has 0 bridgehead atoms. The minimum atomic E-state index is 0.412. The summed E-state index contributed by atoms with van der Waals surface area (Å²) in [5.74, 6) is 0.827. The van der Waals surface area contributed by atoms with Crippen molar-refractivity contribution in [1.29, 1.82) is 0 Å². The molecule has 37 heavy (non-hydrogen) atoms. The summed E-state index contributed by atoms with van der Waals surface area (Å²) in [6, 6.07) is 19.3. The number of hydrogen-bond donors (Lipinski definition) is 2. The van der Waals surface area contributed by atoms with Crippen LogP contribution in [0.1, 0.15) is 72.3 Å². The first-order valence-electron chi connectivity index (χ1n) is 13.1. The number of aromatic hydroxyl groups is 2. The van der Waals surface area contributed by atoms with Crippen molar-refractivity contribution in [2.75, 3.05) is 0 Å². The molecule has 0 radical (unpaired) electrons. The van der Waals surface area contributed by atoms with Crippen LogP contribution in [0, 0.1) is 62.3 Å². The summed E-state index contributed by atoms with van der Waals surface area (Å²) in [5, 5.41) is 19.3. The molecule has 4 aromatic rings. The quantitative estimate of drug-likeness (QED) is 0.298. The molecule has 0 spiro atoms. The minimum absolute atomic E-state index is 0.412. The highest BCUT2D eigenvalue weighted by Crippen LogP contribution is 2.27. The van der Waals surface area contributed by atoms with Gasteiger partial charge in [-0.25, -0.2) is 0 Å². The molecular formula is C35H42O2. The van der Waals surface area contributed by atoms with Gasteiger partial charge < -0.3 is 10.2 Å². The molecule has 0 aliphatic carbocycles. The van der Waals surface area contributed by atoms with Crippen LogP contribution >= 0.6 is 0 Å². The van der Waals surface area contributed by atoms with Crippen molar-refractivity contribution in [3.63, 3.8) is 0 Å². The average Bonchev–Trinajstić information content (AvgIpc) is 2.82. The summed E-state index contributed by atoms with van der Waals surface area (Å²) in [6.07, 6.45) is 1.87. The zero-order valence-corrected chi connectivity index (χ0v) is 24.0. The molecule has 2 heteroatoms. The Labute approximate surface area is 223 Å². The topological polar surface area (TPSA) is 40.5 Å². The molecule has 0 aliphatic rings. The standard InChI is InChI=1S/C27H32O.C8H10O/c1-16-8-18(3)24(12-17(16)2)14-26-15-25(19(4)9-20(26)5)13-23-10-21(6)27(28)22(7)11-23;1-6-4-3-5-7(2)8(6)9/h8-12,15,28H,13-14H2,1-7H3;3-5,9H,1-2H3. The Morgan fingerprint density at radius 2 is 0.811 bits per heavy atom. The van der Waals surface area contributed by atoms with Gasteiger partial charge in [-0.2, -0.15) is 0 Å². The van der Waals surface area contributed by atoms with Crippen LogP contribution in [0.15, 0.2) is 54.6 Å². The molecule has 0 atom stereocenters. The maximum atomic E-state index is 10.1. The van der Waals surface area contributed by atoms with E-state index in [2.05, 4.69) is 71.0 Å². The van der Waals surface area contributed by atoms with Gasteiger partial charge in [-0.05, 0) is 147 Å². The fourth-order valence-corrected chi connectivity index (χ4v) is 4.92. The Balaban J connectivity index is 0.000000356. The average molecular weight is 495 g/mol. The Bertz CT molecular complexity index is 1380. The number of para-hydroxylation sites is 1. The van der Waals surface area contributed by atoms with Gasteiger partial charge in [0.15, 0.2) is 0 Å². The molecule has 0 saturated carbocycles. The number of benzene rings is 4. The Morgan fingerprint density at radius 1 is 0.405 bits per heavy atom. The second-order valence-corrected chi connectivity index (χ2v) is 10.7. The zero-order valence-electron chi connectivity index (χ0n) is 24.0. The van der Waals surface area contributed by atoms with Crippen molar-refractivity contribution < 1.29 is 10.2 Å². The lowest BCUT2D eigenvalue weighted by molar-refractivity contribution is 0.466. The van der Waals surface area contributed by atoms with Gasteiger partial charge in [0, 0.05) is 0 Å². The molecule has 0 saturated heterocycles. The van der Waals surface area contributed by atoms with Crippen LogP contribution in [0.2, 0.25) is 0 Å². The Morgan fingerprint density at radius 3 is 1.32 bits per heavy atom. The molecule has 0 fully saturated rings. The Hall–Kier alpha value is -3.52. The van der Waals surface area contributed by atoms with E-state index < -0.39 is 0 Å². The van der Waals surface area contributed by atoms with Crippen LogP contribution in [0.25, 0.3) is 0 Å². The first-order valence-corrected chi connectivity index (χ1v) is 13.1. The van der Waals surface area contributed by atoms with Crippen LogP contribution in [-0.4, -0.2) is 10.2 Å². The van der Waals surface area contributed by atoms with Crippen molar-refractivity contribution in [2.24, 2.45) is 0 Å². The molecule has 0 aromatic heterocycles. The number of aryl methyl sites for hydroxylation is 9. The van der Waals surface area contributed by atoms with Gasteiger partial charge >= 0.3 is 0 Å². The lowest BCUT2D eigenvalue weighted by atomic mass is 9.89. The predicted molar refractivity (Wildman–Crippen MR) is 157 cm³/mol. The maximum Gasteiger partial charge on any atom is 0.121 e. The molecule has 2 N–H and O–H groups in total. The fraction of sp³-hybridized carbons (Fsp3) is 0.314. The third-order valence-electron chi connectivity index (χ3n) is 7.51. The normalized spacial score (nSPS) is 10.7. The van der Waals surface area contributed by atoms with Gasteiger partial charge in [0.05, 0.1) is 0 Å². The van der Waals surface area contributed by atoms with Gasteiger partial charge in [0.1, 0.15) is 11.5 Å². The second-order valence-electron chi connectivity index (χ2n) is 10.7. The third kappa shape index (κ3) is 6.83. The highest BCUT2D eigenvalue weighted by atomic mass is 16.3. The van der Waals surface area contributed by atoms with Crippen molar-refractivity contribution in [3.8, 4) is 11.5 Å². The van der Waals surface area contributed by atoms with E-state index in [0.717, 1.165) is 35.1 Å². The molecular weight excluding hydrogens is 452 g/mol. The van der Waals surface area contributed by atoms with E-state index in [1.165, 1.54) is 50.1 Å². The monoisotopic (exact) mass is 494 g/mol. The van der Waals surface area contributed by atoms with E-state index in [1.807, 2.05) is 45.9 Å². The smallest absolute Gasteiger partial charge is 0.121 e. The molecule has 0 heterocycles. The lowest BCUT2D eigenvalue weighted by Crippen LogP contribution is -2.01. The highest BCUT2D eigenvalue weighted by Gasteiger charge is 2.11. The van der Waals surface area contributed by atoms with Gasteiger partial charge in [0.2, 0.25) is 0 Å².